The summed E-state index contributed by atoms with van der Waals surface area (Å²) in [5.74, 6) is -1.48. The van der Waals surface area contributed by atoms with Gasteiger partial charge in [-0.25, -0.2) is 4.39 Å². The van der Waals surface area contributed by atoms with Crippen molar-refractivity contribution in [3.05, 3.63) is 105 Å². The van der Waals surface area contributed by atoms with Crippen molar-refractivity contribution in [1.82, 2.24) is 15.2 Å². The van der Waals surface area contributed by atoms with Crippen LogP contribution in [0.25, 0.3) is 0 Å². The fraction of sp³-hybridized carbons (Fsp3) is 0.208. The van der Waals surface area contributed by atoms with Crippen molar-refractivity contribution in [2.24, 2.45) is 0 Å². The van der Waals surface area contributed by atoms with Crippen molar-refractivity contribution in [3.63, 3.8) is 0 Å². The molecule has 0 aliphatic rings. The third-order valence-corrected chi connectivity index (χ3v) is 4.77. The zero-order valence-electron chi connectivity index (χ0n) is 17.2. The Morgan fingerprint density at radius 2 is 1.48 bits per heavy atom. The third-order valence-electron chi connectivity index (χ3n) is 4.77. The van der Waals surface area contributed by atoms with E-state index in [-0.39, 0.29) is 23.5 Å². The molecule has 7 heteroatoms. The van der Waals surface area contributed by atoms with Crippen LogP contribution in [-0.2, 0) is 19.5 Å². The van der Waals surface area contributed by atoms with E-state index < -0.39 is 17.2 Å². The Morgan fingerprint density at radius 3 is 2.10 bits per heavy atom. The standard InChI is InChI=1S/C24H24FN3O3/c1-2-26-23(30)20-15-28(13-12-17-6-4-3-5-7-17)16-21(22(20)29)24(31)27-14-18-8-10-19(25)11-9-18/h3-11,15-16H,2,12-14H2,1H3,(H,26,30)(H,27,31). The third kappa shape index (κ3) is 5.88. The van der Waals surface area contributed by atoms with Gasteiger partial charge in [-0.3, -0.25) is 14.4 Å². The molecule has 6 nitrogen and oxygen atoms in total. The number of hydrogen-bond donors (Lipinski definition) is 2. The molecule has 0 unspecified atom stereocenters. The summed E-state index contributed by atoms with van der Waals surface area (Å²) in [6.45, 7) is 2.75. The van der Waals surface area contributed by atoms with Gasteiger partial charge in [0.05, 0.1) is 0 Å². The number of nitrogens with zero attached hydrogens (tertiary/aromatic N) is 1. The molecule has 0 spiro atoms. The van der Waals surface area contributed by atoms with Gasteiger partial charge in [0.1, 0.15) is 16.9 Å². The fourth-order valence-electron chi connectivity index (χ4n) is 3.12. The molecular weight excluding hydrogens is 397 g/mol. The van der Waals surface area contributed by atoms with E-state index >= 15 is 0 Å². The minimum atomic E-state index is -0.626. The zero-order chi connectivity index (χ0) is 22.2. The molecule has 0 bridgehead atoms. The lowest BCUT2D eigenvalue weighted by molar-refractivity contribution is 0.0948. The van der Waals surface area contributed by atoms with E-state index in [1.54, 1.807) is 23.6 Å². The quantitative estimate of drug-likeness (QED) is 0.587. The molecule has 2 amide bonds. The topological polar surface area (TPSA) is 80.2 Å². The van der Waals surface area contributed by atoms with Gasteiger partial charge >= 0.3 is 0 Å². The van der Waals surface area contributed by atoms with Gasteiger partial charge in [0.15, 0.2) is 0 Å². The number of carbonyl (C=O) groups excluding carboxylic acids is 2. The molecular formula is C24H24FN3O3. The van der Waals surface area contributed by atoms with Crippen LogP contribution in [0.2, 0.25) is 0 Å². The Hall–Kier alpha value is -3.74. The highest BCUT2D eigenvalue weighted by Crippen LogP contribution is 2.06. The fourth-order valence-corrected chi connectivity index (χ4v) is 3.12. The average molecular weight is 421 g/mol. The zero-order valence-corrected chi connectivity index (χ0v) is 17.2. The van der Waals surface area contributed by atoms with E-state index in [0.29, 0.717) is 25.1 Å². The van der Waals surface area contributed by atoms with E-state index in [4.69, 9.17) is 0 Å². The minimum absolute atomic E-state index is 0.0793. The monoisotopic (exact) mass is 421 g/mol. The maximum absolute atomic E-state index is 13.1. The van der Waals surface area contributed by atoms with Crippen LogP contribution in [0, 0.1) is 5.82 Å². The predicted molar refractivity (Wildman–Crippen MR) is 116 cm³/mol. The van der Waals surface area contributed by atoms with E-state index in [9.17, 15) is 18.8 Å². The number of aryl methyl sites for hydroxylation is 2. The average Bonchev–Trinajstić information content (AvgIpc) is 2.78. The van der Waals surface area contributed by atoms with Gasteiger partial charge in [0.2, 0.25) is 5.43 Å². The number of halogens is 1. The summed E-state index contributed by atoms with van der Waals surface area (Å²) >= 11 is 0. The van der Waals surface area contributed by atoms with Crippen molar-refractivity contribution in [1.29, 1.82) is 0 Å². The van der Waals surface area contributed by atoms with Crippen LogP contribution in [0.5, 0.6) is 0 Å². The van der Waals surface area contributed by atoms with Crippen LogP contribution in [0.3, 0.4) is 0 Å². The van der Waals surface area contributed by atoms with E-state index in [0.717, 1.165) is 5.56 Å². The van der Waals surface area contributed by atoms with Crippen LogP contribution < -0.4 is 16.1 Å². The number of carbonyl (C=O) groups is 2. The number of pyridine rings is 1. The largest absolute Gasteiger partial charge is 0.352 e. The van der Waals surface area contributed by atoms with Crippen molar-refractivity contribution in [2.75, 3.05) is 6.54 Å². The maximum atomic E-state index is 13.1. The highest BCUT2D eigenvalue weighted by atomic mass is 19.1. The number of rotatable bonds is 8. The molecule has 1 heterocycles. The summed E-state index contributed by atoms with van der Waals surface area (Å²) in [7, 11) is 0. The SMILES string of the molecule is CCNC(=O)c1cn(CCc2ccccc2)cc(C(=O)NCc2ccc(F)cc2)c1=O. The Bertz CT molecular complexity index is 1110. The first-order valence-electron chi connectivity index (χ1n) is 10.1. The van der Waals surface area contributed by atoms with E-state index in [1.165, 1.54) is 24.5 Å². The van der Waals surface area contributed by atoms with Crippen molar-refractivity contribution >= 4 is 11.8 Å². The van der Waals surface area contributed by atoms with Crippen LogP contribution in [0.4, 0.5) is 4.39 Å². The first kappa shape index (κ1) is 22.0. The summed E-state index contributed by atoms with van der Waals surface area (Å²) < 4.78 is 14.7. The molecule has 160 valence electrons. The lowest BCUT2D eigenvalue weighted by atomic mass is 10.1. The normalized spacial score (nSPS) is 10.5. The molecule has 0 radical (unpaired) electrons. The van der Waals surface area contributed by atoms with Gasteiger partial charge in [-0.15, -0.1) is 0 Å². The Kier molecular flexibility index (Phi) is 7.32. The summed E-state index contributed by atoms with van der Waals surface area (Å²) in [6, 6.07) is 15.5. The summed E-state index contributed by atoms with van der Waals surface area (Å²) in [6.07, 6.45) is 3.62. The number of aromatic nitrogens is 1. The molecule has 31 heavy (non-hydrogen) atoms. The van der Waals surface area contributed by atoms with Gasteiger partial charge in [-0.2, -0.15) is 0 Å². The van der Waals surface area contributed by atoms with Crippen LogP contribution >= 0.6 is 0 Å². The summed E-state index contributed by atoms with van der Waals surface area (Å²) in [4.78, 5) is 37.9. The number of hydrogen-bond acceptors (Lipinski definition) is 3. The molecule has 0 fully saturated rings. The molecule has 2 aromatic carbocycles. The maximum Gasteiger partial charge on any atom is 0.257 e. The number of benzene rings is 2. The van der Waals surface area contributed by atoms with Crippen molar-refractivity contribution in [3.8, 4) is 0 Å². The first-order valence-corrected chi connectivity index (χ1v) is 10.1. The molecule has 0 aliphatic heterocycles. The van der Waals surface area contributed by atoms with Gasteiger partial charge in [-0.05, 0) is 36.6 Å². The lowest BCUT2D eigenvalue weighted by Gasteiger charge is -2.13. The van der Waals surface area contributed by atoms with Gasteiger partial charge in [0, 0.05) is 32.0 Å². The molecule has 2 N–H and O–H groups in total. The molecule has 1 aromatic heterocycles. The first-order chi connectivity index (χ1) is 15.0. The van der Waals surface area contributed by atoms with Crippen LogP contribution in [-0.4, -0.2) is 22.9 Å². The predicted octanol–water partition coefficient (Wildman–Crippen LogP) is 2.91. The molecule has 0 atom stereocenters. The van der Waals surface area contributed by atoms with Crippen LogP contribution in [0.15, 0.2) is 71.8 Å². The summed E-state index contributed by atoms with van der Waals surface area (Å²) in [5.41, 5.74) is 0.976. The second-order valence-corrected chi connectivity index (χ2v) is 7.06. The van der Waals surface area contributed by atoms with Crippen molar-refractivity contribution in [2.45, 2.75) is 26.4 Å². The van der Waals surface area contributed by atoms with Gasteiger partial charge < -0.3 is 15.2 Å². The summed E-state index contributed by atoms with van der Waals surface area (Å²) in [5, 5.41) is 5.28. The van der Waals surface area contributed by atoms with Crippen molar-refractivity contribution < 1.29 is 14.0 Å². The van der Waals surface area contributed by atoms with E-state index in [2.05, 4.69) is 10.6 Å². The molecule has 0 saturated carbocycles. The Balaban J connectivity index is 1.84. The Morgan fingerprint density at radius 1 is 0.871 bits per heavy atom. The minimum Gasteiger partial charge on any atom is -0.352 e. The highest BCUT2D eigenvalue weighted by Gasteiger charge is 2.19. The second-order valence-electron chi connectivity index (χ2n) is 7.06. The van der Waals surface area contributed by atoms with Gasteiger partial charge in [0.25, 0.3) is 11.8 Å². The molecule has 0 aliphatic carbocycles. The van der Waals surface area contributed by atoms with Gasteiger partial charge in [-0.1, -0.05) is 42.5 Å². The second kappa shape index (κ2) is 10.3. The van der Waals surface area contributed by atoms with E-state index in [1.807, 2.05) is 30.3 Å². The molecule has 0 saturated heterocycles. The van der Waals surface area contributed by atoms with Crippen LogP contribution in [0.1, 0.15) is 38.8 Å². The highest BCUT2D eigenvalue weighted by molar-refractivity contribution is 5.99. The Labute approximate surface area is 179 Å². The molecule has 3 aromatic rings. The number of nitrogens with one attached hydrogen (secondary N) is 2. The smallest absolute Gasteiger partial charge is 0.257 e. The lowest BCUT2D eigenvalue weighted by Crippen LogP contribution is -2.35. The molecule has 3 rings (SSSR count). The number of amides is 2.